The minimum atomic E-state index is -4.62. The van der Waals surface area contributed by atoms with Crippen LogP contribution in [0, 0.1) is 0 Å². The van der Waals surface area contributed by atoms with Crippen LogP contribution in [0.2, 0.25) is 0 Å². The molecule has 0 saturated heterocycles. The Kier molecular flexibility index (Phi) is 5.32. The topological polar surface area (TPSA) is 84.2 Å². The molecule has 102 valence electrons. The molecule has 0 aromatic rings. The summed E-state index contributed by atoms with van der Waals surface area (Å²) in [6.07, 6.45) is -4.41. The van der Waals surface area contributed by atoms with Crippen LogP contribution in [0.5, 0.6) is 0 Å². The first-order chi connectivity index (χ1) is 7.42. The lowest BCUT2D eigenvalue weighted by Crippen LogP contribution is -2.57. The summed E-state index contributed by atoms with van der Waals surface area (Å²) >= 11 is 4.66. The quantitative estimate of drug-likeness (QED) is 0.620. The third-order valence-corrected chi connectivity index (χ3v) is 3.77. The molecule has 0 aliphatic rings. The lowest BCUT2D eigenvalue weighted by Gasteiger charge is -2.27. The number of nitrogens with one attached hydrogen (secondary N) is 2. The Hall–Kier alpha value is -0.450. The van der Waals surface area contributed by atoms with Crippen LogP contribution in [0.1, 0.15) is 20.3 Å². The molecule has 0 heterocycles. The summed E-state index contributed by atoms with van der Waals surface area (Å²) in [7, 11) is -4.32. The van der Waals surface area contributed by atoms with Crippen LogP contribution in [0.15, 0.2) is 0 Å². The van der Waals surface area contributed by atoms with Gasteiger partial charge in [0.15, 0.2) is 0 Å². The van der Waals surface area contributed by atoms with Crippen LogP contribution in [0.25, 0.3) is 0 Å². The predicted octanol–water partition coefficient (Wildman–Crippen LogP) is 0.427. The van der Waals surface area contributed by atoms with Crippen LogP contribution >= 0.6 is 12.2 Å². The second-order valence-electron chi connectivity index (χ2n) is 3.59. The molecule has 4 N–H and O–H groups in total. The molecular formula is C7H14F3N3O2S2. The largest absolute Gasteiger partial charge is 0.402 e. The third kappa shape index (κ3) is 6.15. The van der Waals surface area contributed by atoms with Crippen LogP contribution in [-0.2, 0) is 10.2 Å². The van der Waals surface area contributed by atoms with Crippen molar-refractivity contribution in [2.45, 2.75) is 32.0 Å². The highest BCUT2D eigenvalue weighted by Gasteiger charge is 2.34. The van der Waals surface area contributed by atoms with Gasteiger partial charge in [0.25, 0.3) is 10.2 Å². The number of alkyl halides is 3. The van der Waals surface area contributed by atoms with E-state index < -0.39 is 28.5 Å². The molecule has 0 rings (SSSR count). The third-order valence-electron chi connectivity index (χ3n) is 2.07. The van der Waals surface area contributed by atoms with Gasteiger partial charge >= 0.3 is 6.18 Å². The highest BCUT2D eigenvalue weighted by Crippen LogP contribution is 2.14. The molecule has 0 spiro atoms. The Morgan fingerprint density at radius 1 is 1.41 bits per heavy atom. The second kappa shape index (κ2) is 5.46. The van der Waals surface area contributed by atoms with Crippen molar-refractivity contribution in [1.82, 2.24) is 9.44 Å². The van der Waals surface area contributed by atoms with Crippen molar-refractivity contribution in [2.75, 3.05) is 6.54 Å². The molecule has 0 radical (unpaired) electrons. The summed E-state index contributed by atoms with van der Waals surface area (Å²) in [5, 5.41) is 0. The average Bonchev–Trinajstić information content (AvgIpc) is 2.13. The number of hydrogen-bond acceptors (Lipinski definition) is 3. The van der Waals surface area contributed by atoms with E-state index in [1.807, 2.05) is 4.72 Å². The molecule has 0 aliphatic heterocycles. The molecule has 1 unspecified atom stereocenters. The Morgan fingerprint density at radius 2 is 1.88 bits per heavy atom. The summed E-state index contributed by atoms with van der Waals surface area (Å²) in [5.74, 6) is 0. The zero-order valence-corrected chi connectivity index (χ0v) is 10.9. The van der Waals surface area contributed by atoms with E-state index in [1.54, 1.807) is 6.92 Å². The first-order valence-corrected chi connectivity index (χ1v) is 6.46. The zero-order chi connectivity index (χ0) is 13.9. The number of halogens is 3. The van der Waals surface area contributed by atoms with E-state index in [-0.39, 0.29) is 11.4 Å². The summed E-state index contributed by atoms with van der Waals surface area (Å²) in [6.45, 7) is 1.34. The Morgan fingerprint density at radius 3 is 2.18 bits per heavy atom. The Labute approximate surface area is 103 Å². The molecule has 0 saturated carbocycles. The summed E-state index contributed by atoms with van der Waals surface area (Å²) in [4.78, 5) is -0.141. The zero-order valence-electron chi connectivity index (χ0n) is 9.26. The fourth-order valence-electron chi connectivity index (χ4n) is 0.806. The number of hydrogen-bond donors (Lipinski definition) is 3. The second-order valence-corrected chi connectivity index (χ2v) is 5.53. The summed E-state index contributed by atoms with van der Waals surface area (Å²) in [5.41, 5.74) is 4.07. The van der Waals surface area contributed by atoms with Crippen molar-refractivity contribution >= 4 is 27.4 Å². The minimum Gasteiger partial charge on any atom is -0.392 e. The summed E-state index contributed by atoms with van der Waals surface area (Å²) in [6, 6.07) is 0. The monoisotopic (exact) mass is 293 g/mol. The molecule has 0 bridgehead atoms. The molecule has 0 aliphatic carbocycles. The van der Waals surface area contributed by atoms with Crippen molar-refractivity contribution < 1.29 is 21.6 Å². The van der Waals surface area contributed by atoms with Gasteiger partial charge in [0.05, 0.1) is 10.5 Å². The van der Waals surface area contributed by atoms with Gasteiger partial charge in [-0.3, -0.25) is 0 Å². The highest BCUT2D eigenvalue weighted by atomic mass is 32.2. The van der Waals surface area contributed by atoms with Gasteiger partial charge in [-0.2, -0.15) is 31.0 Å². The van der Waals surface area contributed by atoms with E-state index in [1.165, 1.54) is 11.6 Å². The van der Waals surface area contributed by atoms with E-state index >= 15 is 0 Å². The maximum Gasteiger partial charge on any atom is 0.402 e. The first kappa shape index (κ1) is 16.6. The van der Waals surface area contributed by atoms with E-state index in [9.17, 15) is 21.6 Å². The molecule has 17 heavy (non-hydrogen) atoms. The molecule has 5 nitrogen and oxygen atoms in total. The van der Waals surface area contributed by atoms with Gasteiger partial charge in [0, 0.05) is 0 Å². The van der Waals surface area contributed by atoms with Gasteiger partial charge in [0.1, 0.15) is 6.54 Å². The molecule has 0 aromatic carbocycles. The van der Waals surface area contributed by atoms with Crippen LogP contribution in [0.4, 0.5) is 13.2 Å². The lowest BCUT2D eigenvalue weighted by molar-refractivity contribution is -0.121. The standard InChI is InChI=1S/C7H14F3N3O2S2/c1-3-6(2,5(11)16)13-17(14,15)12-4-7(8,9)10/h12-13H,3-4H2,1-2H3,(H2,11,16). The molecule has 10 heteroatoms. The molecule has 0 aromatic heterocycles. The predicted molar refractivity (Wildman–Crippen MR) is 61.6 cm³/mol. The fourth-order valence-corrected chi connectivity index (χ4v) is 2.34. The first-order valence-electron chi connectivity index (χ1n) is 4.57. The maximum atomic E-state index is 11.9. The van der Waals surface area contributed by atoms with Crippen molar-refractivity contribution in [3.05, 3.63) is 0 Å². The van der Waals surface area contributed by atoms with Crippen LogP contribution < -0.4 is 15.2 Å². The SMILES string of the molecule is CCC(C)(NS(=O)(=O)NCC(F)(F)F)C(N)=S. The Bertz CT molecular complexity index is 382. The summed E-state index contributed by atoms with van der Waals surface area (Å²) < 4.78 is 61.6. The molecule has 0 fully saturated rings. The van der Waals surface area contributed by atoms with Gasteiger partial charge in [-0.15, -0.1) is 0 Å². The van der Waals surface area contributed by atoms with E-state index in [0.29, 0.717) is 0 Å². The molecule has 0 amide bonds. The van der Waals surface area contributed by atoms with Crippen molar-refractivity contribution in [2.24, 2.45) is 5.73 Å². The van der Waals surface area contributed by atoms with Crippen molar-refractivity contribution in [1.29, 1.82) is 0 Å². The highest BCUT2D eigenvalue weighted by molar-refractivity contribution is 7.87. The van der Waals surface area contributed by atoms with Gasteiger partial charge in [-0.1, -0.05) is 19.1 Å². The smallest absolute Gasteiger partial charge is 0.392 e. The van der Waals surface area contributed by atoms with E-state index in [0.717, 1.165) is 0 Å². The van der Waals surface area contributed by atoms with Crippen LogP contribution in [0.3, 0.4) is 0 Å². The van der Waals surface area contributed by atoms with Gasteiger partial charge in [-0.05, 0) is 13.3 Å². The number of nitrogens with two attached hydrogens (primary N) is 1. The lowest BCUT2D eigenvalue weighted by atomic mass is 10.0. The number of thiocarbonyl (C=S) groups is 1. The van der Waals surface area contributed by atoms with Crippen LogP contribution in [-0.4, -0.2) is 31.7 Å². The van der Waals surface area contributed by atoms with Gasteiger partial charge in [0.2, 0.25) is 0 Å². The van der Waals surface area contributed by atoms with Crippen molar-refractivity contribution in [3.8, 4) is 0 Å². The van der Waals surface area contributed by atoms with Gasteiger partial charge in [-0.25, -0.2) is 0 Å². The van der Waals surface area contributed by atoms with Gasteiger partial charge < -0.3 is 5.73 Å². The normalized spacial score (nSPS) is 16.5. The van der Waals surface area contributed by atoms with E-state index in [2.05, 4.69) is 12.2 Å². The minimum absolute atomic E-state index is 0.141. The fraction of sp³-hybridized carbons (Fsp3) is 0.857. The van der Waals surface area contributed by atoms with Crippen molar-refractivity contribution in [3.63, 3.8) is 0 Å². The van der Waals surface area contributed by atoms with E-state index in [4.69, 9.17) is 5.73 Å². The molecule has 1 atom stereocenters. The molecular weight excluding hydrogens is 279 g/mol. The maximum absolute atomic E-state index is 11.9. The average molecular weight is 293 g/mol. The number of rotatable bonds is 6. The Balaban J connectivity index is 4.71.